The Kier molecular flexibility index (Phi) is 7.42. The summed E-state index contributed by atoms with van der Waals surface area (Å²) in [5.74, 6) is -0.319. The van der Waals surface area contributed by atoms with Gasteiger partial charge in [0.25, 0.3) is 5.91 Å². The molecule has 1 heterocycles. The molecule has 3 N–H and O–H groups in total. The first-order valence-corrected chi connectivity index (χ1v) is 11.1. The molecule has 0 unspecified atom stereocenters. The number of hydrogen-bond acceptors (Lipinski definition) is 6. The molecule has 0 aliphatic heterocycles. The molecule has 3 aromatic carbocycles. The molecule has 8 heteroatoms. The molecule has 35 heavy (non-hydrogen) atoms. The van der Waals surface area contributed by atoms with Crippen molar-refractivity contribution in [3.63, 3.8) is 0 Å². The highest BCUT2D eigenvalue weighted by molar-refractivity contribution is 6.03. The predicted molar refractivity (Wildman–Crippen MR) is 130 cm³/mol. The van der Waals surface area contributed by atoms with Gasteiger partial charge in [0.1, 0.15) is 23.8 Å². The lowest BCUT2D eigenvalue weighted by molar-refractivity contribution is -0.135. The van der Waals surface area contributed by atoms with Crippen LogP contribution >= 0.6 is 0 Å². The maximum absolute atomic E-state index is 12.5. The molecule has 0 bridgehead atoms. The number of ether oxygens (including phenoxy) is 2. The lowest BCUT2D eigenvalue weighted by atomic mass is 10.0. The standard InChI is InChI=1S/C27H24N2O6/c30-24(31)17-28-27(33)25-26(32)21-14-13-20(35-19-10-5-2-6-11-19)16-22(21)23(29-25)12-7-15-34-18-8-3-1-4-9-18/h1-6,8-11,13-14,16,32H,7,12,15,17H2,(H,28,33)(H,30,31). The van der Waals surface area contributed by atoms with Crippen LogP contribution in [0.5, 0.6) is 23.0 Å². The molecule has 0 fully saturated rings. The van der Waals surface area contributed by atoms with Crippen molar-refractivity contribution in [1.29, 1.82) is 0 Å². The maximum Gasteiger partial charge on any atom is 0.322 e. The smallest absolute Gasteiger partial charge is 0.322 e. The van der Waals surface area contributed by atoms with Crippen molar-refractivity contribution in [2.75, 3.05) is 13.2 Å². The van der Waals surface area contributed by atoms with Crippen LogP contribution in [-0.4, -0.2) is 40.2 Å². The van der Waals surface area contributed by atoms with Gasteiger partial charge in [-0.15, -0.1) is 0 Å². The van der Waals surface area contributed by atoms with Crippen LogP contribution in [0.1, 0.15) is 22.6 Å². The van der Waals surface area contributed by atoms with Crippen molar-refractivity contribution < 1.29 is 29.3 Å². The Bertz CT molecular complexity index is 1330. The van der Waals surface area contributed by atoms with Crippen LogP contribution in [0.3, 0.4) is 0 Å². The quantitative estimate of drug-likeness (QED) is 0.290. The zero-order valence-electron chi connectivity index (χ0n) is 18.8. The Morgan fingerprint density at radius 1 is 0.857 bits per heavy atom. The van der Waals surface area contributed by atoms with Gasteiger partial charge in [-0.3, -0.25) is 9.59 Å². The number of benzene rings is 3. The zero-order valence-corrected chi connectivity index (χ0v) is 18.8. The summed E-state index contributed by atoms with van der Waals surface area (Å²) in [6.45, 7) is -0.156. The number of aromatic hydroxyl groups is 1. The second-order valence-corrected chi connectivity index (χ2v) is 7.72. The first-order valence-electron chi connectivity index (χ1n) is 11.1. The Morgan fingerprint density at radius 3 is 2.23 bits per heavy atom. The number of para-hydroxylation sites is 2. The van der Waals surface area contributed by atoms with Crippen LogP contribution < -0.4 is 14.8 Å². The molecule has 0 saturated heterocycles. The molecular formula is C27H24N2O6. The fraction of sp³-hybridized carbons (Fsp3) is 0.148. The summed E-state index contributed by atoms with van der Waals surface area (Å²) in [7, 11) is 0. The Morgan fingerprint density at radius 2 is 1.54 bits per heavy atom. The minimum Gasteiger partial charge on any atom is -0.505 e. The number of nitrogens with one attached hydrogen (secondary N) is 1. The van der Waals surface area contributed by atoms with Crippen molar-refractivity contribution in [3.8, 4) is 23.0 Å². The van der Waals surface area contributed by atoms with Crippen LogP contribution in [0.15, 0.2) is 78.9 Å². The molecule has 0 radical (unpaired) electrons. The van der Waals surface area contributed by atoms with Gasteiger partial charge in [0.05, 0.1) is 6.61 Å². The molecular weight excluding hydrogens is 448 g/mol. The highest BCUT2D eigenvalue weighted by atomic mass is 16.5. The highest BCUT2D eigenvalue weighted by Crippen LogP contribution is 2.34. The van der Waals surface area contributed by atoms with E-state index in [4.69, 9.17) is 14.6 Å². The largest absolute Gasteiger partial charge is 0.505 e. The third kappa shape index (κ3) is 6.05. The highest BCUT2D eigenvalue weighted by Gasteiger charge is 2.20. The molecule has 0 atom stereocenters. The number of rotatable bonds is 10. The van der Waals surface area contributed by atoms with E-state index in [9.17, 15) is 14.7 Å². The van der Waals surface area contributed by atoms with E-state index in [0.717, 1.165) is 5.75 Å². The van der Waals surface area contributed by atoms with E-state index in [1.54, 1.807) is 18.2 Å². The van der Waals surface area contributed by atoms with E-state index in [-0.39, 0.29) is 11.4 Å². The predicted octanol–water partition coefficient (Wildman–Crippen LogP) is 4.56. The van der Waals surface area contributed by atoms with Crippen molar-refractivity contribution in [1.82, 2.24) is 10.3 Å². The molecule has 0 aliphatic carbocycles. The SMILES string of the molecule is O=C(O)CNC(=O)c1nc(CCCOc2ccccc2)c2cc(Oc3ccccc3)ccc2c1O. The van der Waals surface area contributed by atoms with Gasteiger partial charge in [0.15, 0.2) is 11.4 Å². The summed E-state index contributed by atoms with van der Waals surface area (Å²) in [6, 6.07) is 23.8. The van der Waals surface area contributed by atoms with E-state index < -0.39 is 18.4 Å². The van der Waals surface area contributed by atoms with Crippen LogP contribution in [0.4, 0.5) is 0 Å². The van der Waals surface area contributed by atoms with Crippen LogP contribution in [0.25, 0.3) is 10.8 Å². The van der Waals surface area contributed by atoms with Gasteiger partial charge in [-0.1, -0.05) is 36.4 Å². The first-order chi connectivity index (χ1) is 17.0. The number of aromatic nitrogens is 1. The van der Waals surface area contributed by atoms with Gasteiger partial charge in [0.2, 0.25) is 0 Å². The van der Waals surface area contributed by atoms with Gasteiger partial charge < -0.3 is 25.0 Å². The lowest BCUT2D eigenvalue weighted by Gasteiger charge is -2.14. The number of amides is 1. The van der Waals surface area contributed by atoms with Gasteiger partial charge in [-0.2, -0.15) is 0 Å². The van der Waals surface area contributed by atoms with Crippen LogP contribution in [0.2, 0.25) is 0 Å². The maximum atomic E-state index is 12.5. The summed E-state index contributed by atoms with van der Waals surface area (Å²) in [4.78, 5) is 27.8. The minimum absolute atomic E-state index is 0.227. The number of fused-ring (bicyclic) bond motifs is 1. The molecule has 4 aromatic rings. The van der Waals surface area contributed by atoms with Gasteiger partial charge >= 0.3 is 5.97 Å². The number of aryl methyl sites for hydroxylation is 1. The third-order valence-corrected chi connectivity index (χ3v) is 5.19. The second kappa shape index (κ2) is 11.0. The van der Waals surface area contributed by atoms with Crippen molar-refractivity contribution in [2.24, 2.45) is 0 Å². The zero-order chi connectivity index (χ0) is 24.6. The van der Waals surface area contributed by atoms with E-state index >= 15 is 0 Å². The first kappa shape index (κ1) is 23.6. The molecule has 0 saturated carbocycles. The lowest BCUT2D eigenvalue weighted by Crippen LogP contribution is -2.30. The monoisotopic (exact) mass is 472 g/mol. The Labute approximate surface area is 201 Å². The number of hydrogen-bond donors (Lipinski definition) is 3. The molecule has 8 nitrogen and oxygen atoms in total. The van der Waals surface area contributed by atoms with E-state index in [1.807, 2.05) is 60.7 Å². The minimum atomic E-state index is -1.19. The molecule has 0 aliphatic rings. The molecule has 4 rings (SSSR count). The summed E-state index contributed by atoms with van der Waals surface area (Å²) in [5.41, 5.74) is 0.336. The van der Waals surface area contributed by atoms with Crippen LogP contribution in [-0.2, 0) is 11.2 Å². The van der Waals surface area contributed by atoms with Crippen molar-refractivity contribution in [2.45, 2.75) is 12.8 Å². The fourth-order valence-electron chi connectivity index (χ4n) is 3.57. The van der Waals surface area contributed by atoms with Gasteiger partial charge in [-0.05, 0) is 55.3 Å². The Balaban J connectivity index is 1.63. The summed E-state index contributed by atoms with van der Waals surface area (Å²) >= 11 is 0. The number of carboxylic acids is 1. The number of carbonyl (C=O) groups is 2. The third-order valence-electron chi connectivity index (χ3n) is 5.19. The van der Waals surface area contributed by atoms with E-state index in [0.29, 0.717) is 47.4 Å². The summed E-state index contributed by atoms with van der Waals surface area (Å²) < 4.78 is 11.7. The average Bonchev–Trinajstić information content (AvgIpc) is 2.87. The molecule has 1 aromatic heterocycles. The van der Waals surface area contributed by atoms with Crippen molar-refractivity contribution >= 4 is 22.6 Å². The van der Waals surface area contributed by atoms with Crippen molar-refractivity contribution in [3.05, 3.63) is 90.3 Å². The number of aliphatic carboxylic acids is 1. The number of carboxylic acid groups (broad SMARTS) is 1. The number of nitrogens with zero attached hydrogens (tertiary/aromatic N) is 1. The average molecular weight is 472 g/mol. The van der Waals surface area contributed by atoms with Gasteiger partial charge in [0, 0.05) is 16.5 Å². The molecule has 1 amide bonds. The summed E-state index contributed by atoms with van der Waals surface area (Å²) in [6.07, 6.45) is 1.05. The van der Waals surface area contributed by atoms with Crippen LogP contribution in [0, 0.1) is 0 Å². The molecule has 178 valence electrons. The van der Waals surface area contributed by atoms with E-state index in [1.165, 1.54) is 0 Å². The Hall–Kier alpha value is -4.59. The van der Waals surface area contributed by atoms with Gasteiger partial charge in [-0.25, -0.2) is 4.98 Å². The molecule has 0 spiro atoms. The number of carbonyl (C=O) groups excluding carboxylic acids is 1. The number of pyridine rings is 1. The topological polar surface area (TPSA) is 118 Å². The fourth-order valence-corrected chi connectivity index (χ4v) is 3.57. The normalized spacial score (nSPS) is 10.6. The summed E-state index contributed by atoms with van der Waals surface area (Å²) in [5, 5.41) is 22.9. The van der Waals surface area contributed by atoms with E-state index in [2.05, 4.69) is 10.3 Å². The second-order valence-electron chi connectivity index (χ2n) is 7.72.